The van der Waals surface area contributed by atoms with Crippen molar-refractivity contribution >= 4 is 28.7 Å². The van der Waals surface area contributed by atoms with Crippen molar-refractivity contribution in [1.29, 1.82) is 0 Å². The number of nitro groups is 1. The van der Waals surface area contributed by atoms with Crippen LogP contribution in [0.5, 0.6) is 5.75 Å². The molecule has 0 unspecified atom stereocenters. The fourth-order valence-corrected chi connectivity index (χ4v) is 1.95. The summed E-state index contributed by atoms with van der Waals surface area (Å²) in [5.41, 5.74) is -0.331. The maximum Gasteiger partial charge on any atom is 0.340 e. The van der Waals surface area contributed by atoms with Gasteiger partial charge in [-0.05, 0) is 25.1 Å². The van der Waals surface area contributed by atoms with Crippen LogP contribution in [0.15, 0.2) is 18.2 Å². The van der Waals surface area contributed by atoms with Gasteiger partial charge in [-0.15, -0.1) is 0 Å². The lowest BCUT2D eigenvalue weighted by Crippen LogP contribution is -2.33. The zero-order chi connectivity index (χ0) is 17.9. The van der Waals surface area contributed by atoms with Crippen molar-refractivity contribution in [2.45, 2.75) is 31.2 Å². The van der Waals surface area contributed by atoms with E-state index in [1.54, 1.807) is 0 Å². The first kappa shape index (κ1) is 18.2. The standard InChI is InChI=1S/C13H13F4N3O3S/c14-11(15)13(16,17)6-23-10-4-8(3-9(5-10)20(21)22)19-12(24)18-7-1-2-7/h3-5,7,11H,1-2,6H2,(H2,18,19,24). The first-order valence-electron chi connectivity index (χ1n) is 6.83. The molecule has 1 fully saturated rings. The van der Waals surface area contributed by atoms with E-state index in [1.807, 2.05) is 0 Å². The molecular weight excluding hydrogens is 354 g/mol. The number of alkyl halides is 4. The maximum atomic E-state index is 12.9. The first-order valence-corrected chi connectivity index (χ1v) is 7.24. The summed E-state index contributed by atoms with van der Waals surface area (Å²) in [6.45, 7) is -1.60. The Morgan fingerprint density at radius 2 is 2.08 bits per heavy atom. The number of hydrogen-bond donors (Lipinski definition) is 2. The highest BCUT2D eigenvalue weighted by Gasteiger charge is 2.41. The van der Waals surface area contributed by atoms with Gasteiger partial charge in [-0.2, -0.15) is 8.78 Å². The van der Waals surface area contributed by atoms with Crippen LogP contribution >= 0.6 is 12.2 Å². The molecular formula is C13H13F4N3O3S. The molecule has 132 valence electrons. The van der Waals surface area contributed by atoms with Gasteiger partial charge in [0.2, 0.25) is 0 Å². The lowest BCUT2D eigenvalue weighted by molar-refractivity contribution is -0.384. The highest BCUT2D eigenvalue weighted by atomic mass is 32.1. The Balaban J connectivity index is 2.11. The summed E-state index contributed by atoms with van der Waals surface area (Å²) in [6, 6.07) is 3.39. The number of hydrogen-bond acceptors (Lipinski definition) is 4. The summed E-state index contributed by atoms with van der Waals surface area (Å²) in [4.78, 5) is 10.1. The van der Waals surface area contributed by atoms with Gasteiger partial charge in [0.1, 0.15) is 5.75 Å². The van der Waals surface area contributed by atoms with Gasteiger partial charge in [-0.25, -0.2) is 8.78 Å². The lowest BCUT2D eigenvalue weighted by Gasteiger charge is -2.16. The third-order valence-corrected chi connectivity index (χ3v) is 3.24. The van der Waals surface area contributed by atoms with Crippen molar-refractivity contribution in [2.24, 2.45) is 0 Å². The molecule has 1 aromatic carbocycles. The number of benzene rings is 1. The number of rotatable bonds is 7. The Hall–Kier alpha value is -2.17. The third kappa shape index (κ3) is 5.18. The molecule has 0 radical (unpaired) electrons. The van der Waals surface area contributed by atoms with Crippen molar-refractivity contribution in [3.63, 3.8) is 0 Å². The van der Waals surface area contributed by atoms with Crippen molar-refractivity contribution in [3.8, 4) is 5.75 Å². The number of non-ortho nitro benzene ring substituents is 1. The van der Waals surface area contributed by atoms with E-state index in [1.165, 1.54) is 0 Å². The molecule has 0 spiro atoms. The van der Waals surface area contributed by atoms with E-state index in [-0.39, 0.29) is 22.6 Å². The Bertz CT molecular complexity index is 641. The number of thiocarbonyl (C=S) groups is 1. The molecule has 6 nitrogen and oxygen atoms in total. The minimum Gasteiger partial charge on any atom is -0.487 e. The van der Waals surface area contributed by atoms with E-state index in [2.05, 4.69) is 15.4 Å². The molecule has 2 N–H and O–H groups in total. The number of ether oxygens (including phenoxy) is 1. The van der Waals surface area contributed by atoms with E-state index in [4.69, 9.17) is 12.2 Å². The molecule has 0 bridgehead atoms. The van der Waals surface area contributed by atoms with Crippen molar-refractivity contribution < 1.29 is 27.2 Å². The fraction of sp³-hybridized carbons (Fsp3) is 0.462. The smallest absolute Gasteiger partial charge is 0.340 e. The van der Waals surface area contributed by atoms with Gasteiger partial charge in [0, 0.05) is 18.2 Å². The van der Waals surface area contributed by atoms with Gasteiger partial charge in [-0.3, -0.25) is 10.1 Å². The molecule has 0 aromatic heterocycles. The van der Waals surface area contributed by atoms with Gasteiger partial charge in [0.25, 0.3) is 5.69 Å². The third-order valence-electron chi connectivity index (χ3n) is 3.02. The van der Waals surface area contributed by atoms with Crippen molar-refractivity contribution in [1.82, 2.24) is 5.32 Å². The number of nitrogens with zero attached hydrogens (tertiary/aromatic N) is 1. The zero-order valence-corrected chi connectivity index (χ0v) is 12.9. The quantitative estimate of drug-likeness (QED) is 0.333. The Morgan fingerprint density at radius 1 is 1.42 bits per heavy atom. The number of nitrogens with one attached hydrogen (secondary N) is 2. The minimum absolute atomic E-state index is 0.123. The Kier molecular flexibility index (Phi) is 5.42. The molecule has 2 rings (SSSR count). The molecule has 0 atom stereocenters. The molecule has 0 saturated heterocycles. The fourth-order valence-electron chi connectivity index (χ4n) is 1.67. The molecule has 0 heterocycles. The normalized spacial score (nSPS) is 14.4. The summed E-state index contributed by atoms with van der Waals surface area (Å²) in [5, 5.41) is 16.7. The summed E-state index contributed by atoms with van der Waals surface area (Å²) in [5.74, 6) is -4.71. The Labute approximate surface area is 139 Å². The van der Waals surface area contributed by atoms with Crippen LogP contribution in [0.1, 0.15) is 12.8 Å². The van der Waals surface area contributed by atoms with E-state index < -0.39 is 29.6 Å². The second-order valence-corrected chi connectivity index (χ2v) is 5.60. The SMILES string of the molecule is O=[N+]([O-])c1cc(NC(=S)NC2CC2)cc(OCC(F)(F)C(F)F)c1. The van der Waals surface area contributed by atoms with Crippen LogP contribution in [-0.4, -0.2) is 35.0 Å². The van der Waals surface area contributed by atoms with Crippen molar-refractivity contribution in [2.75, 3.05) is 11.9 Å². The molecule has 11 heteroatoms. The van der Waals surface area contributed by atoms with E-state index in [0.717, 1.165) is 31.0 Å². The average molecular weight is 367 g/mol. The summed E-state index contributed by atoms with van der Waals surface area (Å²) < 4.78 is 54.6. The van der Waals surface area contributed by atoms with Crippen LogP contribution in [0.4, 0.5) is 28.9 Å². The number of halogens is 4. The molecule has 1 aliphatic rings. The lowest BCUT2D eigenvalue weighted by atomic mass is 10.2. The number of nitro benzene ring substituents is 1. The van der Waals surface area contributed by atoms with Crippen molar-refractivity contribution in [3.05, 3.63) is 28.3 Å². The molecule has 0 amide bonds. The predicted octanol–water partition coefficient (Wildman–Crippen LogP) is 3.32. The van der Waals surface area contributed by atoms with Crippen LogP contribution in [0, 0.1) is 10.1 Å². The molecule has 24 heavy (non-hydrogen) atoms. The maximum absolute atomic E-state index is 12.9. The molecule has 1 aliphatic carbocycles. The molecule has 1 saturated carbocycles. The second-order valence-electron chi connectivity index (χ2n) is 5.20. The summed E-state index contributed by atoms with van der Waals surface area (Å²) in [6.07, 6.45) is -1.99. The highest BCUT2D eigenvalue weighted by molar-refractivity contribution is 7.80. The summed E-state index contributed by atoms with van der Waals surface area (Å²) in [7, 11) is 0. The predicted molar refractivity (Wildman–Crippen MR) is 81.9 cm³/mol. The zero-order valence-electron chi connectivity index (χ0n) is 12.1. The van der Waals surface area contributed by atoms with Crippen LogP contribution < -0.4 is 15.4 Å². The molecule has 1 aromatic rings. The topological polar surface area (TPSA) is 76.4 Å². The first-order chi connectivity index (χ1) is 11.2. The van der Waals surface area contributed by atoms with Crippen LogP contribution in [0.2, 0.25) is 0 Å². The van der Waals surface area contributed by atoms with E-state index >= 15 is 0 Å². The van der Waals surface area contributed by atoms with Crippen LogP contribution in [-0.2, 0) is 0 Å². The van der Waals surface area contributed by atoms with Gasteiger partial charge in [0.15, 0.2) is 11.7 Å². The van der Waals surface area contributed by atoms with E-state index in [0.29, 0.717) is 0 Å². The highest BCUT2D eigenvalue weighted by Crippen LogP contribution is 2.29. The Morgan fingerprint density at radius 3 is 2.62 bits per heavy atom. The average Bonchev–Trinajstić information content (AvgIpc) is 3.28. The van der Waals surface area contributed by atoms with Gasteiger partial charge in [-0.1, -0.05) is 0 Å². The molecule has 0 aliphatic heterocycles. The van der Waals surface area contributed by atoms with E-state index in [9.17, 15) is 27.7 Å². The van der Waals surface area contributed by atoms with Crippen LogP contribution in [0.25, 0.3) is 0 Å². The van der Waals surface area contributed by atoms with Gasteiger partial charge < -0.3 is 15.4 Å². The number of anilines is 1. The van der Waals surface area contributed by atoms with Gasteiger partial charge >= 0.3 is 12.3 Å². The second kappa shape index (κ2) is 7.16. The monoisotopic (exact) mass is 367 g/mol. The largest absolute Gasteiger partial charge is 0.487 e. The summed E-state index contributed by atoms with van der Waals surface area (Å²) >= 11 is 5.01. The minimum atomic E-state index is -4.36. The van der Waals surface area contributed by atoms with Gasteiger partial charge in [0.05, 0.1) is 16.7 Å². The van der Waals surface area contributed by atoms with Crippen LogP contribution in [0.3, 0.4) is 0 Å².